The lowest BCUT2D eigenvalue weighted by Crippen LogP contribution is -1.97. The van der Waals surface area contributed by atoms with Gasteiger partial charge in [-0.15, -0.1) is 11.3 Å². The Hall–Kier alpha value is -1.79. The zero-order chi connectivity index (χ0) is 16.4. The molecule has 2 heterocycles. The van der Waals surface area contributed by atoms with Crippen LogP contribution in [0.4, 0.5) is 0 Å². The van der Waals surface area contributed by atoms with Gasteiger partial charge in [-0.3, -0.25) is 4.79 Å². The third-order valence-corrected chi connectivity index (χ3v) is 5.34. The van der Waals surface area contributed by atoms with Crippen LogP contribution in [0.5, 0.6) is 5.75 Å². The Labute approximate surface area is 146 Å². The Morgan fingerprint density at radius 3 is 2.83 bits per heavy atom. The fourth-order valence-electron chi connectivity index (χ4n) is 2.65. The number of nitrogens with zero attached hydrogens (tertiary/aromatic N) is 1. The lowest BCUT2D eigenvalue weighted by molar-refractivity contribution is -0.136. The number of benzene rings is 1. The fourth-order valence-corrected chi connectivity index (χ4v) is 4.14. The van der Waals surface area contributed by atoms with E-state index in [0.29, 0.717) is 6.42 Å². The Bertz CT molecular complexity index is 853. The molecule has 0 amide bonds. The predicted octanol–water partition coefficient (Wildman–Crippen LogP) is 4.54. The molecule has 3 rings (SSSR count). The first-order chi connectivity index (χ1) is 11.1. The average Bonchev–Trinajstić information content (AvgIpc) is 3.09. The van der Waals surface area contributed by atoms with Gasteiger partial charge in [0, 0.05) is 28.4 Å². The zero-order valence-corrected chi connectivity index (χ0v) is 15.0. The molecule has 0 aliphatic rings. The molecule has 120 valence electrons. The predicted molar refractivity (Wildman–Crippen MR) is 95.6 cm³/mol. The normalized spacial score (nSPS) is 11.0. The summed E-state index contributed by atoms with van der Waals surface area (Å²) >= 11 is 5.19. The number of methoxy groups -OCH3 is 1. The second-order valence-corrected chi connectivity index (χ2v) is 7.81. The Morgan fingerprint density at radius 1 is 1.35 bits per heavy atom. The number of hydrogen-bond donors (Lipinski definition) is 1. The minimum atomic E-state index is -0.781. The maximum Gasteiger partial charge on any atom is 0.303 e. The third-order valence-electron chi connectivity index (χ3n) is 3.73. The molecule has 3 aromatic rings. The van der Waals surface area contributed by atoms with E-state index in [1.165, 1.54) is 4.88 Å². The maximum absolute atomic E-state index is 10.9. The summed E-state index contributed by atoms with van der Waals surface area (Å²) in [7, 11) is 1.64. The summed E-state index contributed by atoms with van der Waals surface area (Å²) in [5.41, 5.74) is 2.13. The molecule has 0 bridgehead atoms. The number of aryl methyl sites for hydroxylation is 1. The Kier molecular flexibility index (Phi) is 4.73. The van der Waals surface area contributed by atoms with E-state index < -0.39 is 5.97 Å². The van der Waals surface area contributed by atoms with Gasteiger partial charge in [-0.1, -0.05) is 0 Å². The van der Waals surface area contributed by atoms with Gasteiger partial charge in [-0.25, -0.2) is 0 Å². The van der Waals surface area contributed by atoms with Gasteiger partial charge in [0.2, 0.25) is 0 Å². The van der Waals surface area contributed by atoms with Crippen LogP contribution < -0.4 is 4.74 Å². The van der Waals surface area contributed by atoms with Crippen molar-refractivity contribution in [1.29, 1.82) is 0 Å². The van der Waals surface area contributed by atoms with Crippen LogP contribution in [0.3, 0.4) is 0 Å². The standard InChI is InChI=1S/C17H16BrNO3S/c1-22-12-3-5-15-14(8-12)11(2-7-17(20)21)9-19(15)10-13-4-6-16(18)23-13/h3-6,8-9H,2,7,10H2,1H3,(H,20,21). The minimum absolute atomic E-state index is 0.126. The third kappa shape index (κ3) is 3.59. The molecule has 1 aromatic carbocycles. The summed E-state index contributed by atoms with van der Waals surface area (Å²) in [5.74, 6) is 0.00155. The van der Waals surface area contributed by atoms with E-state index in [4.69, 9.17) is 9.84 Å². The van der Waals surface area contributed by atoms with Crippen molar-refractivity contribution in [2.24, 2.45) is 0 Å². The van der Waals surface area contributed by atoms with Crippen LogP contribution in [0.15, 0.2) is 40.3 Å². The fraction of sp³-hybridized carbons (Fsp3) is 0.235. The van der Waals surface area contributed by atoms with Gasteiger partial charge in [-0.2, -0.15) is 0 Å². The molecule has 1 N–H and O–H groups in total. The second kappa shape index (κ2) is 6.76. The second-order valence-electron chi connectivity index (χ2n) is 5.26. The number of carbonyl (C=O) groups is 1. The molecule has 2 aromatic heterocycles. The summed E-state index contributed by atoms with van der Waals surface area (Å²) in [5, 5.41) is 10.0. The van der Waals surface area contributed by atoms with E-state index in [-0.39, 0.29) is 6.42 Å². The number of thiophene rings is 1. The van der Waals surface area contributed by atoms with Crippen LogP contribution in [0.1, 0.15) is 16.9 Å². The molecular weight excluding hydrogens is 378 g/mol. The molecule has 0 aliphatic carbocycles. The lowest BCUT2D eigenvalue weighted by atomic mass is 10.1. The summed E-state index contributed by atoms with van der Waals surface area (Å²) in [6.45, 7) is 0.770. The van der Waals surface area contributed by atoms with Gasteiger partial charge in [0.15, 0.2) is 0 Å². The molecule has 0 atom stereocenters. The van der Waals surface area contributed by atoms with Gasteiger partial charge in [-0.05, 0) is 58.2 Å². The maximum atomic E-state index is 10.9. The first-order valence-electron chi connectivity index (χ1n) is 7.18. The largest absolute Gasteiger partial charge is 0.497 e. The van der Waals surface area contributed by atoms with Gasteiger partial charge >= 0.3 is 5.97 Å². The summed E-state index contributed by atoms with van der Waals surface area (Å²) < 4.78 is 8.58. The summed E-state index contributed by atoms with van der Waals surface area (Å²) in [6.07, 6.45) is 2.70. The van der Waals surface area contributed by atoms with E-state index in [9.17, 15) is 4.79 Å². The first-order valence-corrected chi connectivity index (χ1v) is 8.79. The molecule has 4 nitrogen and oxygen atoms in total. The van der Waals surface area contributed by atoms with Gasteiger partial charge in [0.05, 0.1) is 17.4 Å². The van der Waals surface area contributed by atoms with Crippen molar-refractivity contribution in [3.05, 3.63) is 50.8 Å². The average molecular weight is 394 g/mol. The Morgan fingerprint density at radius 2 is 2.17 bits per heavy atom. The van der Waals surface area contributed by atoms with Crippen LogP contribution in [0.25, 0.3) is 10.9 Å². The van der Waals surface area contributed by atoms with Gasteiger partial charge in [0.1, 0.15) is 5.75 Å². The highest BCUT2D eigenvalue weighted by atomic mass is 79.9. The number of aromatic nitrogens is 1. The summed E-state index contributed by atoms with van der Waals surface area (Å²) in [6, 6.07) is 10.1. The van der Waals surface area contributed by atoms with Crippen molar-refractivity contribution in [1.82, 2.24) is 4.57 Å². The number of halogens is 1. The van der Waals surface area contributed by atoms with Crippen molar-refractivity contribution in [3.63, 3.8) is 0 Å². The SMILES string of the molecule is COc1ccc2c(c1)c(CCC(=O)O)cn2Cc1ccc(Br)s1. The van der Waals surface area contributed by atoms with Gasteiger partial charge in [0.25, 0.3) is 0 Å². The number of fused-ring (bicyclic) bond motifs is 1. The van der Waals surface area contributed by atoms with Crippen molar-refractivity contribution in [3.8, 4) is 5.75 Å². The van der Waals surface area contributed by atoms with Gasteiger partial charge < -0.3 is 14.4 Å². The van der Waals surface area contributed by atoms with Crippen LogP contribution in [0.2, 0.25) is 0 Å². The molecule has 0 spiro atoms. The number of aliphatic carboxylic acids is 1. The molecule has 6 heteroatoms. The number of ether oxygens (including phenoxy) is 1. The van der Waals surface area contributed by atoms with Crippen molar-refractivity contribution in [2.45, 2.75) is 19.4 Å². The molecule has 0 radical (unpaired) electrons. The molecule has 0 fully saturated rings. The monoisotopic (exact) mass is 393 g/mol. The van der Waals surface area contributed by atoms with E-state index in [1.807, 2.05) is 24.3 Å². The molecule has 0 unspecified atom stereocenters. The highest BCUT2D eigenvalue weighted by molar-refractivity contribution is 9.11. The molecule has 0 aliphatic heterocycles. The minimum Gasteiger partial charge on any atom is -0.497 e. The molecule has 0 saturated heterocycles. The molecule has 23 heavy (non-hydrogen) atoms. The van der Waals surface area contributed by atoms with Crippen molar-refractivity contribution >= 4 is 44.1 Å². The zero-order valence-electron chi connectivity index (χ0n) is 12.6. The van der Waals surface area contributed by atoms with Crippen molar-refractivity contribution in [2.75, 3.05) is 7.11 Å². The number of hydrogen-bond acceptors (Lipinski definition) is 3. The smallest absolute Gasteiger partial charge is 0.303 e. The Balaban J connectivity index is 2.01. The van der Waals surface area contributed by atoms with E-state index in [0.717, 1.165) is 32.5 Å². The molecular formula is C17H16BrNO3S. The quantitative estimate of drug-likeness (QED) is 0.668. The molecule has 0 saturated carbocycles. The van der Waals surface area contributed by atoms with Crippen LogP contribution in [0, 0.1) is 0 Å². The topological polar surface area (TPSA) is 51.5 Å². The number of carboxylic acid groups (broad SMARTS) is 1. The van der Waals surface area contributed by atoms with E-state index >= 15 is 0 Å². The highest BCUT2D eigenvalue weighted by Gasteiger charge is 2.12. The van der Waals surface area contributed by atoms with Crippen LogP contribution in [-0.2, 0) is 17.8 Å². The highest BCUT2D eigenvalue weighted by Crippen LogP contribution is 2.29. The van der Waals surface area contributed by atoms with E-state index in [2.05, 4.69) is 32.8 Å². The number of carboxylic acids is 1. The van der Waals surface area contributed by atoms with Crippen molar-refractivity contribution < 1.29 is 14.6 Å². The first kappa shape index (κ1) is 16.1. The summed E-state index contributed by atoms with van der Waals surface area (Å²) in [4.78, 5) is 12.1. The lowest BCUT2D eigenvalue weighted by Gasteiger charge is -2.04. The van der Waals surface area contributed by atoms with Crippen LogP contribution >= 0.6 is 27.3 Å². The van der Waals surface area contributed by atoms with E-state index in [1.54, 1.807) is 18.4 Å². The number of rotatable bonds is 6. The van der Waals surface area contributed by atoms with Crippen LogP contribution in [-0.4, -0.2) is 22.8 Å².